The third kappa shape index (κ3) is 3.33. The molecule has 0 radical (unpaired) electrons. The number of nitrogens with one attached hydrogen (secondary N) is 1. The molecule has 1 N–H and O–H groups in total. The maximum Gasteiger partial charge on any atom is 0.338 e. The Bertz CT molecular complexity index is 446. The summed E-state index contributed by atoms with van der Waals surface area (Å²) in [5.41, 5.74) is 2.76. The molecule has 0 aliphatic carbocycles. The number of carbonyl (C=O) groups excluding carboxylic acids is 1. The van der Waals surface area contributed by atoms with Crippen molar-refractivity contribution in [3.63, 3.8) is 0 Å². The van der Waals surface area contributed by atoms with Crippen LogP contribution in [0.5, 0.6) is 0 Å². The number of carbonyl (C=O) groups is 1. The predicted octanol–water partition coefficient (Wildman–Crippen LogP) is 2.68. The zero-order valence-corrected chi connectivity index (χ0v) is 11.4. The number of esters is 1. The van der Waals surface area contributed by atoms with Gasteiger partial charge in [0.05, 0.1) is 5.56 Å². The molecule has 1 aliphatic rings. The SMILES string of the molecule is CC(C)(C)OC(=O)c1ccc2c(c1)CNCCC2. The molecule has 1 aromatic carbocycles. The van der Waals surface area contributed by atoms with Gasteiger partial charge < -0.3 is 10.1 Å². The molecular weight excluding hydrogens is 226 g/mol. The van der Waals surface area contributed by atoms with Gasteiger partial charge in [0.1, 0.15) is 5.60 Å². The summed E-state index contributed by atoms with van der Waals surface area (Å²) in [7, 11) is 0. The molecule has 2 rings (SSSR count). The lowest BCUT2D eigenvalue weighted by molar-refractivity contribution is 0.00694. The Labute approximate surface area is 109 Å². The molecule has 1 aromatic rings. The van der Waals surface area contributed by atoms with Gasteiger partial charge in [0.15, 0.2) is 0 Å². The van der Waals surface area contributed by atoms with E-state index in [9.17, 15) is 4.79 Å². The number of hydrogen-bond acceptors (Lipinski definition) is 3. The lowest BCUT2D eigenvalue weighted by atomic mass is 10.0. The first-order valence-electron chi connectivity index (χ1n) is 6.51. The van der Waals surface area contributed by atoms with E-state index in [4.69, 9.17) is 4.74 Å². The normalized spacial score (nSPS) is 15.7. The standard InChI is InChI=1S/C15H21NO2/c1-15(2,3)18-14(17)12-7-6-11-5-4-8-16-10-13(11)9-12/h6-7,9,16H,4-5,8,10H2,1-3H3. The van der Waals surface area contributed by atoms with Crippen molar-refractivity contribution in [3.8, 4) is 0 Å². The van der Waals surface area contributed by atoms with Crippen LogP contribution in [-0.2, 0) is 17.7 Å². The molecule has 0 bridgehead atoms. The molecular formula is C15H21NO2. The van der Waals surface area contributed by atoms with Crippen LogP contribution < -0.4 is 5.32 Å². The molecule has 1 aliphatic heterocycles. The van der Waals surface area contributed by atoms with Gasteiger partial charge in [-0.2, -0.15) is 0 Å². The van der Waals surface area contributed by atoms with Gasteiger partial charge >= 0.3 is 5.97 Å². The zero-order valence-electron chi connectivity index (χ0n) is 11.4. The van der Waals surface area contributed by atoms with Crippen LogP contribution in [0.4, 0.5) is 0 Å². The first-order chi connectivity index (χ1) is 8.46. The summed E-state index contributed by atoms with van der Waals surface area (Å²) in [6.45, 7) is 7.53. The minimum absolute atomic E-state index is 0.241. The van der Waals surface area contributed by atoms with Crippen LogP contribution in [-0.4, -0.2) is 18.1 Å². The summed E-state index contributed by atoms with van der Waals surface area (Å²) in [5.74, 6) is -0.241. The smallest absolute Gasteiger partial charge is 0.338 e. The number of benzene rings is 1. The van der Waals surface area contributed by atoms with E-state index in [0.29, 0.717) is 5.56 Å². The lowest BCUT2D eigenvalue weighted by Crippen LogP contribution is -2.24. The number of fused-ring (bicyclic) bond motifs is 1. The molecule has 0 spiro atoms. The Morgan fingerprint density at radius 2 is 2.06 bits per heavy atom. The number of hydrogen-bond donors (Lipinski definition) is 1. The molecule has 0 amide bonds. The molecule has 98 valence electrons. The zero-order chi connectivity index (χ0) is 13.2. The van der Waals surface area contributed by atoms with Gasteiger partial charge in [-0.15, -0.1) is 0 Å². The number of ether oxygens (including phenoxy) is 1. The molecule has 18 heavy (non-hydrogen) atoms. The molecule has 0 atom stereocenters. The largest absolute Gasteiger partial charge is 0.456 e. The summed E-state index contributed by atoms with van der Waals surface area (Å²) in [6, 6.07) is 5.89. The van der Waals surface area contributed by atoms with Crippen molar-refractivity contribution in [2.45, 2.75) is 45.8 Å². The third-order valence-corrected chi connectivity index (χ3v) is 2.96. The van der Waals surface area contributed by atoms with Crippen molar-refractivity contribution in [1.82, 2.24) is 5.32 Å². The van der Waals surface area contributed by atoms with Gasteiger partial charge in [0.25, 0.3) is 0 Å². The summed E-state index contributed by atoms with van der Waals surface area (Å²) in [6.07, 6.45) is 2.23. The maximum absolute atomic E-state index is 12.0. The third-order valence-electron chi connectivity index (χ3n) is 2.96. The fraction of sp³-hybridized carbons (Fsp3) is 0.533. The minimum Gasteiger partial charge on any atom is -0.456 e. The first-order valence-corrected chi connectivity index (χ1v) is 6.51. The van der Waals surface area contributed by atoms with E-state index >= 15 is 0 Å². The van der Waals surface area contributed by atoms with E-state index in [2.05, 4.69) is 11.4 Å². The molecule has 1 heterocycles. The summed E-state index contributed by atoms with van der Waals surface area (Å²) >= 11 is 0. The van der Waals surface area contributed by atoms with E-state index < -0.39 is 5.60 Å². The molecule has 0 unspecified atom stereocenters. The van der Waals surface area contributed by atoms with E-state index in [1.807, 2.05) is 32.9 Å². The second-order valence-electron chi connectivity index (χ2n) is 5.77. The van der Waals surface area contributed by atoms with Crippen molar-refractivity contribution in [2.24, 2.45) is 0 Å². The maximum atomic E-state index is 12.0. The van der Waals surface area contributed by atoms with Gasteiger partial charge in [-0.05, 0) is 63.4 Å². The van der Waals surface area contributed by atoms with Gasteiger partial charge in [-0.25, -0.2) is 4.79 Å². The fourth-order valence-electron chi connectivity index (χ4n) is 2.13. The van der Waals surface area contributed by atoms with Gasteiger partial charge in [0.2, 0.25) is 0 Å². The minimum atomic E-state index is -0.442. The van der Waals surface area contributed by atoms with Gasteiger partial charge in [-0.3, -0.25) is 0 Å². The van der Waals surface area contributed by atoms with Crippen molar-refractivity contribution < 1.29 is 9.53 Å². The van der Waals surface area contributed by atoms with Gasteiger partial charge in [0, 0.05) is 6.54 Å². The van der Waals surface area contributed by atoms with Crippen molar-refractivity contribution in [3.05, 3.63) is 34.9 Å². The van der Waals surface area contributed by atoms with Crippen LogP contribution in [0, 0.1) is 0 Å². The van der Waals surface area contributed by atoms with E-state index in [-0.39, 0.29) is 5.97 Å². The molecule has 0 saturated carbocycles. The van der Waals surface area contributed by atoms with Crippen LogP contribution in [0.2, 0.25) is 0 Å². The first kappa shape index (κ1) is 13.1. The van der Waals surface area contributed by atoms with Crippen molar-refractivity contribution in [2.75, 3.05) is 6.54 Å². The van der Waals surface area contributed by atoms with Crippen molar-refractivity contribution in [1.29, 1.82) is 0 Å². The fourth-order valence-corrected chi connectivity index (χ4v) is 2.13. The predicted molar refractivity (Wildman–Crippen MR) is 71.6 cm³/mol. The monoisotopic (exact) mass is 247 g/mol. The Kier molecular flexibility index (Phi) is 3.71. The van der Waals surface area contributed by atoms with Gasteiger partial charge in [-0.1, -0.05) is 6.07 Å². The second kappa shape index (κ2) is 5.11. The molecule has 3 heteroatoms. The number of rotatable bonds is 1. The highest BCUT2D eigenvalue weighted by Crippen LogP contribution is 2.18. The Morgan fingerprint density at radius 1 is 1.28 bits per heavy atom. The average molecular weight is 247 g/mol. The Morgan fingerprint density at radius 3 is 2.78 bits per heavy atom. The highest BCUT2D eigenvalue weighted by Gasteiger charge is 2.19. The van der Waals surface area contributed by atoms with E-state index in [1.54, 1.807) is 0 Å². The van der Waals surface area contributed by atoms with Crippen LogP contribution in [0.15, 0.2) is 18.2 Å². The highest BCUT2D eigenvalue weighted by atomic mass is 16.6. The van der Waals surface area contributed by atoms with E-state index in [0.717, 1.165) is 25.9 Å². The van der Waals surface area contributed by atoms with Crippen molar-refractivity contribution >= 4 is 5.97 Å². The average Bonchev–Trinajstić information content (AvgIpc) is 2.50. The quantitative estimate of drug-likeness (QED) is 0.775. The summed E-state index contributed by atoms with van der Waals surface area (Å²) in [5, 5.41) is 3.37. The topological polar surface area (TPSA) is 38.3 Å². The van der Waals surface area contributed by atoms with Crippen LogP contribution in [0.25, 0.3) is 0 Å². The molecule has 0 saturated heterocycles. The number of aryl methyl sites for hydroxylation is 1. The summed E-state index contributed by atoms with van der Waals surface area (Å²) in [4.78, 5) is 12.0. The van der Waals surface area contributed by atoms with E-state index in [1.165, 1.54) is 11.1 Å². The van der Waals surface area contributed by atoms with Crippen LogP contribution in [0.3, 0.4) is 0 Å². The van der Waals surface area contributed by atoms with Crippen LogP contribution >= 0.6 is 0 Å². The Balaban J connectivity index is 2.20. The molecule has 3 nitrogen and oxygen atoms in total. The molecule has 0 fully saturated rings. The van der Waals surface area contributed by atoms with Crippen LogP contribution in [0.1, 0.15) is 48.7 Å². The Hall–Kier alpha value is -1.35. The lowest BCUT2D eigenvalue weighted by Gasteiger charge is -2.20. The molecule has 0 aromatic heterocycles. The second-order valence-corrected chi connectivity index (χ2v) is 5.77. The summed E-state index contributed by atoms with van der Waals surface area (Å²) < 4.78 is 5.39. The highest BCUT2D eigenvalue weighted by molar-refractivity contribution is 5.90.